The summed E-state index contributed by atoms with van der Waals surface area (Å²) in [4.78, 5) is 43.0. The van der Waals surface area contributed by atoms with Crippen molar-refractivity contribution in [1.29, 1.82) is 0 Å². The van der Waals surface area contributed by atoms with Crippen molar-refractivity contribution in [3.63, 3.8) is 0 Å². The van der Waals surface area contributed by atoms with Gasteiger partial charge >= 0.3 is 6.29 Å². The summed E-state index contributed by atoms with van der Waals surface area (Å²) >= 11 is 0. The molecular formula is C29H34F2N10O5. The number of aliphatic hydroxyl groups is 1. The summed E-state index contributed by atoms with van der Waals surface area (Å²) in [5, 5.41) is 15.9. The van der Waals surface area contributed by atoms with Gasteiger partial charge in [0.25, 0.3) is 0 Å². The van der Waals surface area contributed by atoms with Crippen LogP contribution in [-0.4, -0.2) is 88.5 Å². The second kappa shape index (κ2) is 12.6. The number of anilines is 5. The van der Waals surface area contributed by atoms with Gasteiger partial charge < -0.3 is 52.2 Å². The number of carbonyl (C=O) groups excluding carboxylic acids is 2. The summed E-state index contributed by atoms with van der Waals surface area (Å²) in [6.45, 7) is 1.64. The molecule has 15 nitrogen and oxygen atoms in total. The van der Waals surface area contributed by atoms with Gasteiger partial charge in [0.05, 0.1) is 12.5 Å². The molecule has 0 spiro atoms. The van der Waals surface area contributed by atoms with E-state index in [0.717, 1.165) is 0 Å². The number of piperidine rings is 1. The molecule has 9 N–H and O–H groups in total. The maximum Gasteiger partial charge on any atom is 0.586 e. The largest absolute Gasteiger partial charge is 0.586 e. The number of alkyl halides is 2. The van der Waals surface area contributed by atoms with Crippen molar-refractivity contribution in [3.8, 4) is 11.5 Å². The molecule has 4 atom stereocenters. The Bertz CT molecular complexity index is 1600. The molecule has 2 aromatic carbocycles. The average Bonchev–Trinajstić information content (AvgIpc) is 3.53. The first-order chi connectivity index (χ1) is 21.9. The molecule has 1 amide bonds. The summed E-state index contributed by atoms with van der Waals surface area (Å²) in [6, 6.07) is 9.71. The van der Waals surface area contributed by atoms with Crippen LogP contribution >= 0.6 is 0 Å². The number of rotatable bonds is 9. The van der Waals surface area contributed by atoms with Gasteiger partial charge in [-0.15, -0.1) is 8.78 Å². The van der Waals surface area contributed by atoms with E-state index in [0.29, 0.717) is 56.6 Å². The number of Topliss-reactive ketones (excluding diaryl/α,β-unsaturated/α-hetero) is 1. The number of halogens is 2. The van der Waals surface area contributed by atoms with Gasteiger partial charge in [-0.25, -0.2) is 0 Å². The fourth-order valence-corrected chi connectivity index (χ4v) is 5.73. The van der Waals surface area contributed by atoms with E-state index >= 15 is 0 Å². The highest BCUT2D eigenvalue weighted by Crippen LogP contribution is 2.42. The monoisotopic (exact) mass is 640 g/mol. The highest BCUT2D eigenvalue weighted by molar-refractivity contribution is 6.11. The number of carbonyl (C=O) groups is 2. The number of nitrogens with one attached hydrogen (secondary N) is 2. The van der Waals surface area contributed by atoms with Gasteiger partial charge in [-0.3, -0.25) is 9.59 Å². The van der Waals surface area contributed by atoms with Crippen LogP contribution in [0.4, 0.5) is 38.0 Å². The van der Waals surface area contributed by atoms with E-state index in [2.05, 4.69) is 35.1 Å². The number of nitrogens with two attached hydrogens (primary N) is 3. The number of aliphatic hydroxyl groups excluding tert-OH is 1. The number of ether oxygens (including phenoxy) is 2. The Morgan fingerprint density at radius 3 is 2.33 bits per heavy atom. The van der Waals surface area contributed by atoms with Gasteiger partial charge in [0.15, 0.2) is 17.3 Å². The second-order valence-corrected chi connectivity index (χ2v) is 11.5. The molecule has 3 aliphatic heterocycles. The van der Waals surface area contributed by atoms with Gasteiger partial charge in [0, 0.05) is 67.3 Å². The molecule has 3 aromatic rings. The average molecular weight is 641 g/mol. The molecule has 0 aliphatic carbocycles. The molecule has 3 aliphatic rings. The second-order valence-electron chi connectivity index (χ2n) is 11.5. The van der Waals surface area contributed by atoms with E-state index in [-0.39, 0.29) is 46.8 Å². The van der Waals surface area contributed by atoms with E-state index in [1.165, 1.54) is 18.2 Å². The maximum absolute atomic E-state index is 13.3. The van der Waals surface area contributed by atoms with E-state index < -0.39 is 30.5 Å². The minimum absolute atomic E-state index is 0.150. The zero-order valence-electron chi connectivity index (χ0n) is 24.6. The zero-order chi connectivity index (χ0) is 32.6. The minimum Gasteiger partial charge on any atom is -0.395 e. The smallest absolute Gasteiger partial charge is 0.395 e. The first-order valence-corrected chi connectivity index (χ1v) is 14.7. The van der Waals surface area contributed by atoms with Crippen molar-refractivity contribution < 1.29 is 33.0 Å². The van der Waals surface area contributed by atoms with Crippen molar-refractivity contribution in [3.05, 3.63) is 48.0 Å². The maximum atomic E-state index is 13.3. The number of aromatic nitrogens is 3. The van der Waals surface area contributed by atoms with Crippen LogP contribution < -0.4 is 47.1 Å². The molecule has 6 rings (SSSR count). The number of nitrogens with zero attached hydrogens (tertiary/aromatic N) is 5. The van der Waals surface area contributed by atoms with Crippen LogP contribution in [-0.2, 0) is 4.79 Å². The third-order valence-electron chi connectivity index (χ3n) is 7.80. The lowest BCUT2D eigenvalue weighted by Crippen LogP contribution is -2.53. The summed E-state index contributed by atoms with van der Waals surface area (Å²) in [5.74, 6) is -0.528. The highest BCUT2D eigenvalue weighted by Gasteiger charge is 2.43. The van der Waals surface area contributed by atoms with Crippen molar-refractivity contribution in [2.24, 2.45) is 17.2 Å². The van der Waals surface area contributed by atoms with Crippen LogP contribution in [0, 0.1) is 0 Å². The van der Waals surface area contributed by atoms with Crippen molar-refractivity contribution >= 4 is 40.9 Å². The predicted molar refractivity (Wildman–Crippen MR) is 163 cm³/mol. The molecule has 0 unspecified atom stereocenters. The molecule has 0 bridgehead atoms. The molecule has 244 valence electrons. The standard InChI is InChI=1S/C29H34F2N10O5/c30-29(31)45-23-6-5-19(8-24(23)46-29)35-25(44)10-22(43)15-1-3-18(4-2-15)36-26-37-27(40-12-16(33)7-17(34)13-40)39-28(38-26)41-14-21(42)9-20(41)11-32/h1-6,8,16-17,20-21,42H,7,9-14,32-34H2,(H,35,44)(H,36,37,38,39)/t16-,17+,20-,21-/m0/s1. The van der Waals surface area contributed by atoms with Gasteiger partial charge in [-0.2, -0.15) is 15.0 Å². The number of hydrogen-bond donors (Lipinski definition) is 6. The molecule has 46 heavy (non-hydrogen) atoms. The van der Waals surface area contributed by atoms with Crippen LogP contribution in [0.1, 0.15) is 29.6 Å². The minimum atomic E-state index is -3.78. The summed E-state index contributed by atoms with van der Waals surface area (Å²) < 4.78 is 35.3. The molecule has 2 saturated heterocycles. The number of benzene rings is 2. The van der Waals surface area contributed by atoms with E-state index in [9.17, 15) is 23.5 Å². The van der Waals surface area contributed by atoms with E-state index in [4.69, 9.17) is 17.2 Å². The third kappa shape index (κ3) is 7.07. The SMILES string of the molecule is NC[C@@H]1C[C@H](O)CN1c1nc(Nc2ccc(C(=O)CC(=O)Nc3ccc4c(c3)OC(F)(F)O4)cc2)nc(N2C[C@H](N)C[C@H](N)C2)n1. The fourth-order valence-electron chi connectivity index (χ4n) is 5.73. The number of fused-ring (bicyclic) bond motifs is 1. The van der Waals surface area contributed by atoms with Crippen molar-refractivity contribution in [2.45, 2.75) is 49.8 Å². The first-order valence-electron chi connectivity index (χ1n) is 14.7. The van der Waals surface area contributed by atoms with Gasteiger partial charge in [0.2, 0.25) is 23.8 Å². The number of ketones is 1. The summed E-state index contributed by atoms with van der Waals surface area (Å²) in [5.41, 5.74) is 19.4. The number of β-amino-alcohol motifs (C(OH)–C–C–N with tert-alkyl or cyclic N) is 1. The Morgan fingerprint density at radius 2 is 1.61 bits per heavy atom. The molecule has 0 saturated carbocycles. The molecule has 0 radical (unpaired) electrons. The molecule has 1 aromatic heterocycles. The Labute approximate surface area is 262 Å². The Kier molecular flexibility index (Phi) is 8.56. The van der Waals surface area contributed by atoms with Crippen molar-refractivity contribution in [1.82, 2.24) is 15.0 Å². The Balaban J connectivity index is 1.14. The molecule has 2 fully saturated rings. The van der Waals surface area contributed by atoms with Crippen LogP contribution in [0.3, 0.4) is 0 Å². The Hall–Kier alpha value is -4.71. The van der Waals surface area contributed by atoms with Crippen molar-refractivity contribution in [2.75, 3.05) is 46.6 Å². The van der Waals surface area contributed by atoms with Crippen LogP contribution in [0.2, 0.25) is 0 Å². The van der Waals surface area contributed by atoms with E-state index in [1.807, 2.05) is 9.80 Å². The van der Waals surface area contributed by atoms with Crippen LogP contribution in [0.5, 0.6) is 11.5 Å². The number of amides is 1. The lowest BCUT2D eigenvalue weighted by atomic mass is 10.0. The lowest BCUT2D eigenvalue weighted by molar-refractivity contribution is -0.286. The summed E-state index contributed by atoms with van der Waals surface area (Å²) in [6.07, 6.45) is -3.67. The predicted octanol–water partition coefficient (Wildman–Crippen LogP) is 0.911. The molecule has 4 heterocycles. The van der Waals surface area contributed by atoms with Gasteiger partial charge in [-0.05, 0) is 49.2 Å². The lowest BCUT2D eigenvalue weighted by Gasteiger charge is -2.35. The van der Waals surface area contributed by atoms with E-state index in [1.54, 1.807) is 24.3 Å². The molecule has 17 heteroatoms. The number of hydrogen-bond acceptors (Lipinski definition) is 14. The fraction of sp³-hybridized carbons (Fsp3) is 0.414. The van der Waals surface area contributed by atoms with Crippen LogP contribution in [0.15, 0.2) is 42.5 Å². The highest BCUT2D eigenvalue weighted by atomic mass is 19.3. The van der Waals surface area contributed by atoms with Gasteiger partial charge in [-0.1, -0.05) is 0 Å². The zero-order valence-corrected chi connectivity index (χ0v) is 24.6. The topological polar surface area (TPSA) is 220 Å². The molecular weight excluding hydrogens is 606 g/mol. The third-order valence-corrected chi connectivity index (χ3v) is 7.80. The quantitative estimate of drug-likeness (QED) is 0.141. The van der Waals surface area contributed by atoms with Crippen LogP contribution in [0.25, 0.3) is 0 Å². The summed E-state index contributed by atoms with van der Waals surface area (Å²) in [7, 11) is 0. The Morgan fingerprint density at radius 1 is 0.935 bits per heavy atom. The normalized spacial score (nSPS) is 23.3. The first kappa shape index (κ1) is 31.3. The van der Waals surface area contributed by atoms with Gasteiger partial charge in [0.1, 0.15) is 0 Å².